The van der Waals surface area contributed by atoms with E-state index in [0.29, 0.717) is 35.9 Å². The van der Waals surface area contributed by atoms with Gasteiger partial charge >= 0.3 is 6.03 Å². The van der Waals surface area contributed by atoms with Gasteiger partial charge in [-0.25, -0.2) is 13.2 Å². The average molecular weight is 624 g/mol. The highest BCUT2D eigenvalue weighted by molar-refractivity contribution is 7.92. The molecule has 4 atom stereocenters. The van der Waals surface area contributed by atoms with Crippen LogP contribution in [0.4, 0.5) is 16.2 Å². The summed E-state index contributed by atoms with van der Waals surface area (Å²) in [6.07, 6.45) is 2.67. The average Bonchev–Trinajstić information content (AvgIpc) is 3.25. The number of carbonyl (C=O) groups is 2. The number of aryl methyl sites for hydroxylation is 2. The summed E-state index contributed by atoms with van der Waals surface area (Å²) in [7, 11) is -1.92. The summed E-state index contributed by atoms with van der Waals surface area (Å²) >= 11 is 0. The Morgan fingerprint density at radius 1 is 1.26 bits per heavy atom. The molecule has 14 heteroatoms. The lowest BCUT2D eigenvalue weighted by atomic mass is 10.0. The molecule has 13 nitrogen and oxygen atoms in total. The number of benzene rings is 1. The van der Waals surface area contributed by atoms with Gasteiger partial charge < -0.3 is 34.2 Å². The second-order valence-corrected chi connectivity index (χ2v) is 13.1. The van der Waals surface area contributed by atoms with Gasteiger partial charge in [-0.05, 0) is 65.2 Å². The number of anilines is 2. The second kappa shape index (κ2) is 14.9. The molecule has 2 heterocycles. The summed E-state index contributed by atoms with van der Waals surface area (Å²) < 4.78 is 43.9. The SMILES string of the molecule is Cc1noc(C)c1NC(=O)N(C)C[C@H]1OCCCC[C@H](C)Oc2ccc(NS(C)(=O)=O)cc2C(=O)N([C@H](C)CO)C[C@@H]1C. The van der Waals surface area contributed by atoms with E-state index in [1.807, 2.05) is 13.8 Å². The molecular weight excluding hydrogens is 578 g/mol. The van der Waals surface area contributed by atoms with Gasteiger partial charge in [0, 0.05) is 38.3 Å². The molecule has 3 N–H and O–H groups in total. The molecule has 0 aliphatic carbocycles. The van der Waals surface area contributed by atoms with Gasteiger partial charge in [-0.2, -0.15) is 0 Å². The zero-order valence-electron chi connectivity index (χ0n) is 26.0. The minimum Gasteiger partial charge on any atom is -0.490 e. The summed E-state index contributed by atoms with van der Waals surface area (Å²) in [5.41, 5.74) is 1.50. The van der Waals surface area contributed by atoms with Gasteiger partial charge in [0.25, 0.3) is 5.91 Å². The predicted octanol–water partition coefficient (Wildman–Crippen LogP) is 3.62. The molecule has 0 fully saturated rings. The first kappa shape index (κ1) is 34.1. The molecule has 0 spiro atoms. The first-order valence-corrected chi connectivity index (χ1v) is 16.4. The number of rotatable bonds is 7. The standard InChI is InChI=1S/C29H45N5O8S/c1-18-15-34(19(2)17-35)28(36)24-14-23(32-43(7,38)39)11-12-25(24)41-20(3)10-8-9-13-40-26(18)16-33(6)29(37)30-27-21(4)31-42-22(27)5/h11-12,14,18-20,26,32,35H,8-10,13,15-17H2,1-7H3,(H,30,37)/t18-,19+,20-,26+/m0/s1. The molecule has 1 aliphatic heterocycles. The van der Waals surface area contributed by atoms with Gasteiger partial charge in [0.15, 0.2) is 5.76 Å². The van der Waals surface area contributed by atoms with Crippen LogP contribution in [0.25, 0.3) is 0 Å². The van der Waals surface area contributed by atoms with Crippen molar-refractivity contribution >= 4 is 33.3 Å². The van der Waals surface area contributed by atoms with E-state index >= 15 is 0 Å². The molecule has 1 aromatic heterocycles. The Labute approximate surface area is 253 Å². The molecule has 240 valence electrons. The fraction of sp³-hybridized carbons (Fsp3) is 0.621. The van der Waals surface area contributed by atoms with Crippen LogP contribution in [-0.4, -0.2) is 98.3 Å². The van der Waals surface area contributed by atoms with Crippen LogP contribution in [0, 0.1) is 19.8 Å². The molecule has 3 rings (SSSR count). The molecule has 0 saturated heterocycles. The van der Waals surface area contributed by atoms with Crippen molar-refractivity contribution in [1.29, 1.82) is 0 Å². The van der Waals surface area contributed by atoms with Crippen LogP contribution in [0.15, 0.2) is 22.7 Å². The van der Waals surface area contributed by atoms with Crippen molar-refractivity contribution in [2.24, 2.45) is 5.92 Å². The maximum atomic E-state index is 14.1. The fourth-order valence-corrected chi connectivity index (χ4v) is 5.43. The van der Waals surface area contributed by atoms with E-state index in [2.05, 4.69) is 15.2 Å². The number of fused-ring (bicyclic) bond motifs is 1. The van der Waals surface area contributed by atoms with Crippen LogP contribution in [0.2, 0.25) is 0 Å². The lowest BCUT2D eigenvalue weighted by Crippen LogP contribution is -2.48. The zero-order valence-corrected chi connectivity index (χ0v) is 26.9. The quantitative estimate of drug-likeness (QED) is 0.418. The fourth-order valence-electron chi connectivity index (χ4n) is 4.88. The summed E-state index contributed by atoms with van der Waals surface area (Å²) in [4.78, 5) is 30.2. The third-order valence-corrected chi connectivity index (χ3v) is 8.03. The van der Waals surface area contributed by atoms with E-state index in [4.69, 9.17) is 14.0 Å². The van der Waals surface area contributed by atoms with Gasteiger partial charge in [-0.3, -0.25) is 9.52 Å². The number of likely N-dealkylation sites (N-methyl/N-ethyl adjacent to an activating group) is 1. The van der Waals surface area contributed by atoms with Crippen molar-refractivity contribution in [1.82, 2.24) is 15.0 Å². The number of hydrogen-bond donors (Lipinski definition) is 3. The van der Waals surface area contributed by atoms with Crippen molar-refractivity contribution in [3.63, 3.8) is 0 Å². The first-order valence-electron chi connectivity index (χ1n) is 14.5. The number of ether oxygens (including phenoxy) is 2. The third kappa shape index (κ3) is 9.57. The molecule has 0 saturated carbocycles. The Bertz CT molecular complexity index is 1350. The van der Waals surface area contributed by atoms with Gasteiger partial charge in [0.2, 0.25) is 10.0 Å². The van der Waals surface area contributed by atoms with Crippen molar-refractivity contribution in [3.05, 3.63) is 35.2 Å². The van der Waals surface area contributed by atoms with Gasteiger partial charge in [-0.1, -0.05) is 12.1 Å². The normalized spacial score (nSPS) is 21.3. The first-order chi connectivity index (χ1) is 20.2. The van der Waals surface area contributed by atoms with Crippen molar-refractivity contribution in [2.45, 2.75) is 72.1 Å². The molecule has 2 aromatic rings. The summed E-state index contributed by atoms with van der Waals surface area (Å²) in [5.74, 6) is 0.159. The molecule has 1 aromatic carbocycles. The topological polar surface area (TPSA) is 164 Å². The Hall–Kier alpha value is -3.36. The molecule has 43 heavy (non-hydrogen) atoms. The number of sulfonamides is 1. The highest BCUT2D eigenvalue weighted by Gasteiger charge is 2.31. The van der Waals surface area contributed by atoms with Gasteiger partial charge in [0.1, 0.15) is 17.1 Å². The molecule has 0 unspecified atom stereocenters. The van der Waals surface area contributed by atoms with Gasteiger partial charge in [-0.15, -0.1) is 0 Å². The Kier molecular flexibility index (Phi) is 11.8. The maximum absolute atomic E-state index is 14.1. The third-order valence-electron chi connectivity index (χ3n) is 7.42. The van der Waals surface area contributed by atoms with Crippen LogP contribution in [-0.2, 0) is 14.8 Å². The Morgan fingerprint density at radius 3 is 2.60 bits per heavy atom. The van der Waals surface area contributed by atoms with Crippen molar-refractivity contribution < 1.29 is 37.1 Å². The van der Waals surface area contributed by atoms with E-state index in [0.717, 1.165) is 19.1 Å². The summed E-state index contributed by atoms with van der Waals surface area (Å²) in [5, 5.41) is 16.8. The number of urea groups is 1. The lowest BCUT2D eigenvalue weighted by molar-refractivity contribution is -0.0115. The van der Waals surface area contributed by atoms with E-state index in [9.17, 15) is 23.1 Å². The van der Waals surface area contributed by atoms with E-state index in [-0.39, 0.29) is 49.0 Å². The van der Waals surface area contributed by atoms with E-state index in [1.165, 1.54) is 15.9 Å². The number of aromatic nitrogens is 1. The highest BCUT2D eigenvalue weighted by atomic mass is 32.2. The van der Waals surface area contributed by atoms with E-state index in [1.54, 1.807) is 40.0 Å². The molecular formula is C29H45N5O8S. The highest BCUT2D eigenvalue weighted by Crippen LogP contribution is 2.29. The second-order valence-electron chi connectivity index (χ2n) is 11.4. The summed E-state index contributed by atoms with van der Waals surface area (Å²) in [6, 6.07) is 3.68. The van der Waals surface area contributed by atoms with E-state index < -0.39 is 28.1 Å². The molecule has 0 radical (unpaired) electrons. The minimum absolute atomic E-state index is 0.179. The lowest BCUT2D eigenvalue weighted by Gasteiger charge is -2.35. The number of amides is 3. The molecule has 3 amide bonds. The Morgan fingerprint density at radius 2 is 1.98 bits per heavy atom. The number of nitrogens with zero attached hydrogens (tertiary/aromatic N) is 3. The monoisotopic (exact) mass is 623 g/mol. The van der Waals surface area contributed by atoms with Crippen LogP contribution in [0.3, 0.4) is 0 Å². The largest absolute Gasteiger partial charge is 0.490 e. The zero-order chi connectivity index (χ0) is 31.9. The number of aliphatic hydroxyl groups excluding tert-OH is 1. The molecule has 1 aliphatic rings. The molecule has 0 bridgehead atoms. The van der Waals surface area contributed by atoms with Crippen molar-refractivity contribution in [2.75, 3.05) is 49.6 Å². The maximum Gasteiger partial charge on any atom is 0.321 e. The number of hydrogen-bond acceptors (Lipinski definition) is 9. The number of carbonyl (C=O) groups excluding carboxylic acids is 2. The smallest absolute Gasteiger partial charge is 0.321 e. The number of aliphatic hydroxyl groups is 1. The predicted molar refractivity (Wildman–Crippen MR) is 163 cm³/mol. The minimum atomic E-state index is -3.59. The van der Waals surface area contributed by atoms with Crippen LogP contribution >= 0.6 is 0 Å². The van der Waals surface area contributed by atoms with Crippen LogP contribution in [0.1, 0.15) is 61.8 Å². The van der Waals surface area contributed by atoms with Gasteiger partial charge in [0.05, 0.1) is 36.7 Å². The Balaban J connectivity index is 1.92. The number of nitrogens with one attached hydrogen (secondary N) is 2. The summed E-state index contributed by atoms with van der Waals surface area (Å²) in [6.45, 7) is 9.64. The van der Waals surface area contributed by atoms with Crippen LogP contribution in [0.5, 0.6) is 5.75 Å². The van der Waals surface area contributed by atoms with Crippen molar-refractivity contribution in [3.8, 4) is 5.75 Å². The van der Waals surface area contributed by atoms with Crippen LogP contribution < -0.4 is 14.8 Å².